The van der Waals surface area contributed by atoms with E-state index < -0.39 is 0 Å². The Morgan fingerprint density at radius 2 is 1.80 bits per heavy atom. The summed E-state index contributed by atoms with van der Waals surface area (Å²) in [5.41, 5.74) is 1.33. The Morgan fingerprint density at radius 3 is 2.40 bits per heavy atom. The van der Waals surface area contributed by atoms with Gasteiger partial charge in [-0.3, -0.25) is 4.79 Å². The van der Waals surface area contributed by atoms with Crippen molar-refractivity contribution in [3.8, 4) is 0 Å². The van der Waals surface area contributed by atoms with Gasteiger partial charge in [0.15, 0.2) is 0 Å². The highest BCUT2D eigenvalue weighted by Gasteiger charge is 2.20. The second-order valence-corrected chi connectivity index (χ2v) is 3.74. The van der Waals surface area contributed by atoms with Crippen LogP contribution < -0.4 is 0 Å². The standard InChI is InChI=1S/C12H14O.C2H4/c13-12-8-4-7-11(9-12)10-5-2-1-3-6-10;1-2/h1-3,5-6,11H,4,7-9H2;1-2H2. The van der Waals surface area contributed by atoms with Crippen molar-refractivity contribution in [2.45, 2.75) is 31.6 Å². The highest BCUT2D eigenvalue weighted by molar-refractivity contribution is 5.80. The van der Waals surface area contributed by atoms with Crippen LogP contribution in [0.15, 0.2) is 43.5 Å². The van der Waals surface area contributed by atoms with E-state index in [1.165, 1.54) is 12.0 Å². The van der Waals surface area contributed by atoms with Gasteiger partial charge in [0, 0.05) is 12.8 Å². The van der Waals surface area contributed by atoms with Crippen LogP contribution in [-0.4, -0.2) is 5.78 Å². The fraction of sp³-hybridized carbons (Fsp3) is 0.357. The van der Waals surface area contributed by atoms with E-state index in [1.54, 1.807) is 0 Å². The largest absolute Gasteiger partial charge is 0.300 e. The van der Waals surface area contributed by atoms with Crippen LogP contribution in [0.4, 0.5) is 0 Å². The Balaban J connectivity index is 0.000000531. The molecule has 0 saturated heterocycles. The number of Topliss-reactive ketones (excluding diaryl/α,β-unsaturated/α-hetero) is 1. The highest BCUT2D eigenvalue weighted by atomic mass is 16.1. The van der Waals surface area contributed by atoms with Crippen molar-refractivity contribution in [2.75, 3.05) is 0 Å². The van der Waals surface area contributed by atoms with Crippen molar-refractivity contribution in [2.24, 2.45) is 0 Å². The summed E-state index contributed by atoms with van der Waals surface area (Å²) in [6.45, 7) is 6.00. The summed E-state index contributed by atoms with van der Waals surface area (Å²) in [4.78, 5) is 11.2. The molecule has 0 amide bonds. The first-order valence-electron chi connectivity index (χ1n) is 5.43. The average Bonchev–Trinajstić information content (AvgIpc) is 2.33. The maximum atomic E-state index is 11.2. The van der Waals surface area contributed by atoms with E-state index in [9.17, 15) is 4.79 Å². The number of carbonyl (C=O) groups is 1. The lowest BCUT2D eigenvalue weighted by Crippen LogP contribution is -2.13. The van der Waals surface area contributed by atoms with Gasteiger partial charge in [-0.25, -0.2) is 0 Å². The predicted molar refractivity (Wildman–Crippen MR) is 63.9 cm³/mol. The third-order valence-corrected chi connectivity index (χ3v) is 2.75. The van der Waals surface area contributed by atoms with Crippen LogP contribution in [0.2, 0.25) is 0 Å². The quantitative estimate of drug-likeness (QED) is 0.634. The number of rotatable bonds is 1. The molecule has 80 valence electrons. The summed E-state index contributed by atoms with van der Waals surface area (Å²) in [6.07, 6.45) is 3.79. The van der Waals surface area contributed by atoms with E-state index in [0.717, 1.165) is 19.3 Å². The minimum atomic E-state index is 0.431. The molecule has 1 atom stereocenters. The van der Waals surface area contributed by atoms with Gasteiger partial charge in [-0.2, -0.15) is 0 Å². The summed E-state index contributed by atoms with van der Waals surface area (Å²) in [7, 11) is 0. The van der Waals surface area contributed by atoms with Crippen molar-refractivity contribution in [3.63, 3.8) is 0 Å². The van der Waals surface area contributed by atoms with Crippen LogP contribution in [0.1, 0.15) is 37.2 Å². The van der Waals surface area contributed by atoms with Crippen LogP contribution in [0, 0.1) is 0 Å². The lowest BCUT2D eigenvalue weighted by Gasteiger charge is -2.20. The van der Waals surface area contributed by atoms with Crippen molar-refractivity contribution in [3.05, 3.63) is 49.1 Å². The summed E-state index contributed by atoms with van der Waals surface area (Å²) in [5.74, 6) is 0.919. The summed E-state index contributed by atoms with van der Waals surface area (Å²) >= 11 is 0. The number of ketones is 1. The molecule has 1 heteroatoms. The number of carbonyl (C=O) groups excluding carboxylic acids is 1. The monoisotopic (exact) mass is 202 g/mol. The maximum Gasteiger partial charge on any atom is 0.133 e. The van der Waals surface area contributed by atoms with Gasteiger partial charge in [-0.05, 0) is 24.3 Å². The van der Waals surface area contributed by atoms with Crippen molar-refractivity contribution >= 4 is 5.78 Å². The second-order valence-electron chi connectivity index (χ2n) is 3.74. The molecule has 0 radical (unpaired) electrons. The number of benzene rings is 1. The Bertz CT molecular complexity index is 302. The van der Waals surface area contributed by atoms with E-state index >= 15 is 0 Å². The molecule has 0 heterocycles. The number of hydrogen-bond acceptors (Lipinski definition) is 1. The van der Waals surface area contributed by atoms with Gasteiger partial charge in [0.1, 0.15) is 5.78 Å². The molecule has 1 nitrogen and oxygen atoms in total. The smallest absolute Gasteiger partial charge is 0.133 e. The number of hydrogen-bond donors (Lipinski definition) is 0. The third kappa shape index (κ3) is 3.35. The molecular formula is C14H18O. The van der Waals surface area contributed by atoms with Crippen LogP contribution in [0.3, 0.4) is 0 Å². The van der Waals surface area contributed by atoms with Crippen molar-refractivity contribution < 1.29 is 4.79 Å². The van der Waals surface area contributed by atoms with Crippen LogP contribution in [0.5, 0.6) is 0 Å². The van der Waals surface area contributed by atoms with E-state index in [2.05, 4.69) is 37.4 Å². The van der Waals surface area contributed by atoms with Gasteiger partial charge < -0.3 is 0 Å². The van der Waals surface area contributed by atoms with Gasteiger partial charge in [0.25, 0.3) is 0 Å². The first-order valence-corrected chi connectivity index (χ1v) is 5.43. The third-order valence-electron chi connectivity index (χ3n) is 2.75. The van der Waals surface area contributed by atoms with Crippen LogP contribution in [-0.2, 0) is 4.79 Å². The minimum Gasteiger partial charge on any atom is -0.300 e. The molecule has 0 bridgehead atoms. The Morgan fingerprint density at radius 1 is 1.13 bits per heavy atom. The molecule has 0 aromatic heterocycles. The molecule has 0 spiro atoms. The first-order chi connectivity index (χ1) is 7.36. The second kappa shape index (κ2) is 6.18. The molecule has 1 aliphatic carbocycles. The van der Waals surface area contributed by atoms with E-state index in [-0.39, 0.29) is 0 Å². The molecule has 1 unspecified atom stereocenters. The van der Waals surface area contributed by atoms with Gasteiger partial charge >= 0.3 is 0 Å². The zero-order chi connectivity index (χ0) is 11.1. The van der Waals surface area contributed by atoms with Gasteiger partial charge in [-0.15, -0.1) is 13.2 Å². The van der Waals surface area contributed by atoms with Crippen LogP contribution >= 0.6 is 0 Å². The predicted octanol–water partition coefficient (Wildman–Crippen LogP) is 3.72. The van der Waals surface area contributed by atoms with E-state index in [4.69, 9.17) is 0 Å². The van der Waals surface area contributed by atoms with Gasteiger partial charge in [0.2, 0.25) is 0 Å². The fourth-order valence-corrected chi connectivity index (χ4v) is 2.03. The molecule has 1 aromatic rings. The molecule has 0 N–H and O–H groups in total. The molecule has 1 saturated carbocycles. The maximum absolute atomic E-state index is 11.2. The van der Waals surface area contributed by atoms with E-state index in [1.807, 2.05) is 6.07 Å². The lowest BCUT2D eigenvalue weighted by molar-refractivity contribution is -0.120. The lowest BCUT2D eigenvalue weighted by atomic mass is 9.83. The summed E-state index contributed by atoms with van der Waals surface area (Å²) < 4.78 is 0. The molecule has 15 heavy (non-hydrogen) atoms. The normalized spacial score (nSPS) is 20.3. The first kappa shape index (κ1) is 11.7. The molecule has 2 rings (SSSR count). The molecule has 1 fully saturated rings. The topological polar surface area (TPSA) is 17.1 Å². The minimum absolute atomic E-state index is 0.431. The molecule has 1 aromatic carbocycles. The SMILES string of the molecule is C=C.O=C1CCCC(c2ccccc2)C1. The average molecular weight is 202 g/mol. The van der Waals surface area contributed by atoms with E-state index in [0.29, 0.717) is 11.7 Å². The molecule has 1 aliphatic rings. The van der Waals surface area contributed by atoms with Crippen molar-refractivity contribution in [1.29, 1.82) is 0 Å². The van der Waals surface area contributed by atoms with Gasteiger partial charge in [0.05, 0.1) is 0 Å². The fourth-order valence-electron chi connectivity index (χ4n) is 2.03. The zero-order valence-electron chi connectivity index (χ0n) is 9.11. The summed E-state index contributed by atoms with van der Waals surface area (Å²) in [5, 5.41) is 0. The van der Waals surface area contributed by atoms with Gasteiger partial charge in [-0.1, -0.05) is 30.3 Å². The summed E-state index contributed by atoms with van der Waals surface area (Å²) in [6, 6.07) is 10.4. The molecule has 0 aliphatic heterocycles. The Labute approximate surface area is 91.8 Å². The highest BCUT2D eigenvalue weighted by Crippen LogP contribution is 2.30. The molecular weight excluding hydrogens is 184 g/mol. The Hall–Kier alpha value is -1.37. The van der Waals surface area contributed by atoms with Crippen LogP contribution in [0.25, 0.3) is 0 Å². The Kier molecular flexibility index (Phi) is 4.82. The zero-order valence-corrected chi connectivity index (χ0v) is 9.11. The van der Waals surface area contributed by atoms with Crippen molar-refractivity contribution in [1.82, 2.24) is 0 Å².